The molecule has 0 unspecified atom stereocenters. The molecule has 3 N–H and O–H groups in total. The van der Waals surface area contributed by atoms with Gasteiger partial charge in [0, 0.05) is 12.1 Å². The minimum absolute atomic E-state index is 0. The molecule has 0 bridgehead atoms. The van der Waals surface area contributed by atoms with Crippen molar-refractivity contribution in [2.75, 3.05) is 6.54 Å². The van der Waals surface area contributed by atoms with E-state index in [2.05, 4.69) is 4.72 Å². The Hall–Kier alpha value is -0.690. The van der Waals surface area contributed by atoms with Crippen LogP contribution in [0.3, 0.4) is 0 Å². The predicted octanol–water partition coefficient (Wildman–Crippen LogP) is 1.80. The molecular weight excluding hydrogens is 291 g/mol. The number of nitrogens with one attached hydrogen (secondary N) is 1. The zero-order valence-corrected chi connectivity index (χ0v) is 12.1. The molecule has 108 valence electrons. The van der Waals surface area contributed by atoms with Crippen LogP contribution in [0.2, 0.25) is 0 Å². The van der Waals surface area contributed by atoms with Crippen LogP contribution in [0.15, 0.2) is 29.2 Å². The van der Waals surface area contributed by atoms with E-state index >= 15 is 0 Å². The first kappa shape index (κ1) is 16.4. The van der Waals surface area contributed by atoms with Crippen LogP contribution < -0.4 is 10.5 Å². The predicted molar refractivity (Wildman–Crippen MR) is 74.2 cm³/mol. The molecule has 0 aromatic heterocycles. The Balaban J connectivity index is 0.00000180. The van der Waals surface area contributed by atoms with Crippen LogP contribution >= 0.6 is 12.4 Å². The SMILES string of the molecule is Cl.NCC1(NS(=O)(=O)c2ccc(F)cc2)CCCC1. The van der Waals surface area contributed by atoms with Crippen LogP contribution in [0.5, 0.6) is 0 Å². The molecule has 0 heterocycles. The average Bonchev–Trinajstić information content (AvgIpc) is 2.78. The largest absolute Gasteiger partial charge is 0.329 e. The molecule has 1 aliphatic carbocycles. The third kappa shape index (κ3) is 3.66. The molecular formula is C12H18ClFN2O2S. The number of hydrogen-bond donors (Lipinski definition) is 2. The van der Waals surface area contributed by atoms with Gasteiger partial charge in [0.15, 0.2) is 0 Å². The highest BCUT2D eigenvalue weighted by Crippen LogP contribution is 2.30. The van der Waals surface area contributed by atoms with Gasteiger partial charge in [-0.25, -0.2) is 17.5 Å². The van der Waals surface area contributed by atoms with E-state index in [1.54, 1.807) is 0 Å². The first-order valence-electron chi connectivity index (χ1n) is 5.97. The van der Waals surface area contributed by atoms with Gasteiger partial charge in [-0.15, -0.1) is 12.4 Å². The molecule has 19 heavy (non-hydrogen) atoms. The Morgan fingerprint density at radius 2 is 1.74 bits per heavy atom. The normalized spacial score (nSPS) is 18.0. The first-order chi connectivity index (χ1) is 8.47. The van der Waals surface area contributed by atoms with Crippen molar-refractivity contribution in [2.45, 2.75) is 36.1 Å². The highest BCUT2D eigenvalue weighted by Gasteiger charge is 2.36. The molecule has 0 aliphatic heterocycles. The molecule has 1 aromatic carbocycles. The van der Waals surface area contributed by atoms with Gasteiger partial charge >= 0.3 is 0 Å². The van der Waals surface area contributed by atoms with Crippen molar-refractivity contribution in [3.05, 3.63) is 30.1 Å². The summed E-state index contributed by atoms with van der Waals surface area (Å²) < 4.78 is 39.8. The number of benzene rings is 1. The van der Waals surface area contributed by atoms with Gasteiger partial charge in [0.25, 0.3) is 0 Å². The maximum Gasteiger partial charge on any atom is 0.241 e. The van der Waals surface area contributed by atoms with Gasteiger partial charge in [0.1, 0.15) is 5.82 Å². The van der Waals surface area contributed by atoms with E-state index in [1.165, 1.54) is 12.1 Å². The lowest BCUT2D eigenvalue weighted by molar-refractivity contribution is 0.399. The van der Waals surface area contributed by atoms with Gasteiger partial charge < -0.3 is 5.73 Å². The van der Waals surface area contributed by atoms with E-state index < -0.39 is 21.4 Å². The van der Waals surface area contributed by atoms with Crippen molar-refractivity contribution >= 4 is 22.4 Å². The number of hydrogen-bond acceptors (Lipinski definition) is 3. The van der Waals surface area contributed by atoms with Gasteiger partial charge in [-0.05, 0) is 37.1 Å². The van der Waals surface area contributed by atoms with E-state index in [0.29, 0.717) is 0 Å². The summed E-state index contributed by atoms with van der Waals surface area (Å²) in [4.78, 5) is 0.0728. The molecule has 1 fully saturated rings. The Morgan fingerprint density at radius 1 is 1.21 bits per heavy atom. The lowest BCUT2D eigenvalue weighted by Gasteiger charge is -2.28. The molecule has 7 heteroatoms. The third-order valence-corrected chi connectivity index (χ3v) is 5.02. The molecule has 0 amide bonds. The summed E-state index contributed by atoms with van der Waals surface area (Å²) in [6, 6.07) is 4.80. The third-order valence-electron chi connectivity index (χ3n) is 3.43. The number of halogens is 2. The van der Waals surface area contributed by atoms with Gasteiger partial charge in [-0.3, -0.25) is 0 Å². The Kier molecular flexibility index (Phi) is 5.32. The lowest BCUT2D eigenvalue weighted by atomic mass is 10.0. The van der Waals surface area contributed by atoms with Crippen molar-refractivity contribution in [2.24, 2.45) is 5.73 Å². The summed E-state index contributed by atoms with van der Waals surface area (Å²) in [7, 11) is -3.63. The molecule has 0 atom stereocenters. The fourth-order valence-corrected chi connectivity index (χ4v) is 3.83. The van der Waals surface area contributed by atoms with Crippen LogP contribution in [0.4, 0.5) is 4.39 Å². The second-order valence-electron chi connectivity index (χ2n) is 4.75. The van der Waals surface area contributed by atoms with E-state index in [1.807, 2.05) is 0 Å². The van der Waals surface area contributed by atoms with E-state index in [-0.39, 0.29) is 23.8 Å². The van der Waals surface area contributed by atoms with Gasteiger partial charge in [-0.1, -0.05) is 12.8 Å². The molecule has 0 saturated heterocycles. The van der Waals surface area contributed by atoms with Crippen LogP contribution in [0, 0.1) is 5.82 Å². The Labute approximate surface area is 119 Å². The van der Waals surface area contributed by atoms with Gasteiger partial charge in [-0.2, -0.15) is 0 Å². The standard InChI is InChI=1S/C12H17FN2O2S.ClH/c13-10-3-5-11(6-4-10)18(16,17)15-12(9-14)7-1-2-8-12;/h3-6,15H,1-2,7-9,14H2;1H. The van der Waals surface area contributed by atoms with E-state index in [0.717, 1.165) is 37.8 Å². The topological polar surface area (TPSA) is 72.2 Å². The second kappa shape index (κ2) is 6.17. The molecule has 0 radical (unpaired) electrons. The minimum atomic E-state index is -3.63. The Bertz CT molecular complexity index is 513. The van der Waals surface area contributed by atoms with Gasteiger partial charge in [0.2, 0.25) is 10.0 Å². The summed E-state index contributed by atoms with van der Waals surface area (Å²) in [5.41, 5.74) is 5.16. The summed E-state index contributed by atoms with van der Waals surface area (Å²) in [5, 5.41) is 0. The zero-order chi connectivity index (χ0) is 13.2. The van der Waals surface area contributed by atoms with Gasteiger partial charge in [0.05, 0.1) is 4.90 Å². The van der Waals surface area contributed by atoms with E-state index in [4.69, 9.17) is 5.73 Å². The van der Waals surface area contributed by atoms with Crippen molar-refractivity contribution in [1.29, 1.82) is 0 Å². The van der Waals surface area contributed by atoms with Crippen LogP contribution in [-0.2, 0) is 10.0 Å². The fourth-order valence-electron chi connectivity index (χ4n) is 2.36. The fraction of sp³-hybridized carbons (Fsp3) is 0.500. The lowest BCUT2D eigenvalue weighted by Crippen LogP contribution is -2.51. The minimum Gasteiger partial charge on any atom is -0.329 e. The van der Waals surface area contributed by atoms with E-state index in [9.17, 15) is 12.8 Å². The molecule has 2 rings (SSSR count). The first-order valence-corrected chi connectivity index (χ1v) is 7.45. The summed E-state index contributed by atoms with van der Waals surface area (Å²) >= 11 is 0. The van der Waals surface area contributed by atoms with Crippen LogP contribution in [-0.4, -0.2) is 20.5 Å². The summed E-state index contributed by atoms with van der Waals surface area (Å²) in [6.07, 6.45) is 3.46. The van der Waals surface area contributed by atoms with Crippen molar-refractivity contribution in [3.8, 4) is 0 Å². The quantitative estimate of drug-likeness (QED) is 0.891. The smallest absolute Gasteiger partial charge is 0.241 e. The molecule has 0 spiro atoms. The second-order valence-corrected chi connectivity index (χ2v) is 6.43. The molecule has 1 aromatic rings. The maximum absolute atomic E-state index is 12.8. The summed E-state index contributed by atoms with van der Waals surface area (Å²) in [6.45, 7) is 0.285. The number of sulfonamides is 1. The highest BCUT2D eigenvalue weighted by molar-refractivity contribution is 7.89. The molecule has 1 aliphatic rings. The van der Waals surface area contributed by atoms with Crippen LogP contribution in [0.25, 0.3) is 0 Å². The number of rotatable bonds is 4. The van der Waals surface area contributed by atoms with Crippen LogP contribution in [0.1, 0.15) is 25.7 Å². The monoisotopic (exact) mass is 308 g/mol. The highest BCUT2D eigenvalue weighted by atomic mass is 35.5. The Morgan fingerprint density at radius 3 is 2.21 bits per heavy atom. The van der Waals surface area contributed by atoms with Crippen molar-refractivity contribution in [1.82, 2.24) is 4.72 Å². The summed E-state index contributed by atoms with van der Waals surface area (Å²) in [5.74, 6) is -0.455. The molecule has 4 nitrogen and oxygen atoms in total. The number of nitrogens with two attached hydrogens (primary N) is 1. The average molecular weight is 309 g/mol. The van der Waals surface area contributed by atoms with Crippen molar-refractivity contribution < 1.29 is 12.8 Å². The zero-order valence-electron chi connectivity index (χ0n) is 10.4. The molecule has 1 saturated carbocycles. The van der Waals surface area contributed by atoms with Crippen molar-refractivity contribution in [3.63, 3.8) is 0 Å². The maximum atomic E-state index is 12.8.